The Morgan fingerprint density at radius 2 is 1.50 bits per heavy atom. The summed E-state index contributed by atoms with van der Waals surface area (Å²) in [5.74, 6) is -0.283. The van der Waals surface area contributed by atoms with Crippen molar-refractivity contribution in [3.8, 4) is 11.1 Å². The molecule has 1 saturated carbocycles. The maximum atomic E-state index is 14.5. The van der Waals surface area contributed by atoms with Gasteiger partial charge in [0.2, 0.25) is 0 Å². The van der Waals surface area contributed by atoms with Crippen LogP contribution in [0.4, 0.5) is 13.2 Å². The summed E-state index contributed by atoms with van der Waals surface area (Å²) in [6.07, 6.45) is 6.50. The van der Waals surface area contributed by atoms with Gasteiger partial charge in [0.15, 0.2) is 0 Å². The van der Waals surface area contributed by atoms with Crippen LogP contribution in [0.25, 0.3) is 11.1 Å². The van der Waals surface area contributed by atoms with Crippen molar-refractivity contribution in [1.82, 2.24) is 0 Å². The second-order valence-electron chi connectivity index (χ2n) is 7.53. The molecular formula is C22H24F3Si. The van der Waals surface area contributed by atoms with Crippen LogP contribution in [0.1, 0.15) is 43.2 Å². The van der Waals surface area contributed by atoms with Crippen molar-refractivity contribution in [2.45, 2.75) is 51.5 Å². The van der Waals surface area contributed by atoms with Crippen LogP contribution in [0.5, 0.6) is 0 Å². The SMILES string of the molecule is Cc1ccc(-c2c(F)cc(CCC3CCC(C[Si])CC3)cc2F)cc1F. The molecule has 0 saturated heterocycles. The van der Waals surface area contributed by atoms with Crippen molar-refractivity contribution in [2.24, 2.45) is 11.8 Å². The highest BCUT2D eigenvalue weighted by Crippen LogP contribution is 2.34. The van der Waals surface area contributed by atoms with Crippen LogP contribution < -0.4 is 0 Å². The molecule has 2 aromatic carbocycles. The maximum Gasteiger partial charge on any atom is 0.134 e. The Hall–Kier alpha value is -1.55. The molecule has 0 heterocycles. The summed E-state index contributed by atoms with van der Waals surface area (Å²) in [6.45, 7) is 1.63. The van der Waals surface area contributed by atoms with Gasteiger partial charge in [0, 0.05) is 10.2 Å². The normalized spacial score (nSPS) is 20.3. The monoisotopic (exact) mass is 373 g/mol. The molecule has 1 aliphatic rings. The lowest BCUT2D eigenvalue weighted by atomic mass is 9.80. The first-order valence-corrected chi connectivity index (χ1v) is 10.1. The van der Waals surface area contributed by atoms with Gasteiger partial charge in [-0.05, 0) is 66.5 Å². The molecular weight excluding hydrogens is 349 g/mol. The molecule has 137 valence electrons. The molecule has 1 fully saturated rings. The van der Waals surface area contributed by atoms with E-state index in [9.17, 15) is 13.2 Å². The number of hydrogen-bond acceptors (Lipinski definition) is 0. The highest BCUT2D eigenvalue weighted by atomic mass is 28.1. The topological polar surface area (TPSA) is 0 Å². The van der Waals surface area contributed by atoms with Crippen LogP contribution in [-0.2, 0) is 6.42 Å². The van der Waals surface area contributed by atoms with Crippen molar-refractivity contribution in [2.75, 3.05) is 0 Å². The van der Waals surface area contributed by atoms with Gasteiger partial charge in [-0.15, -0.1) is 0 Å². The van der Waals surface area contributed by atoms with Crippen molar-refractivity contribution in [1.29, 1.82) is 0 Å². The molecule has 0 spiro atoms. The molecule has 3 radical (unpaired) electrons. The molecule has 26 heavy (non-hydrogen) atoms. The predicted octanol–water partition coefficient (Wildman–Crippen LogP) is 6.41. The van der Waals surface area contributed by atoms with Crippen molar-refractivity contribution in [3.05, 3.63) is 58.9 Å². The molecule has 0 N–H and O–H groups in total. The molecule has 0 nitrogen and oxygen atoms in total. The zero-order valence-corrected chi connectivity index (χ0v) is 16.1. The fourth-order valence-electron chi connectivity index (χ4n) is 3.89. The van der Waals surface area contributed by atoms with E-state index in [0.717, 1.165) is 18.4 Å². The van der Waals surface area contributed by atoms with Crippen LogP contribution in [0.3, 0.4) is 0 Å². The van der Waals surface area contributed by atoms with Crippen molar-refractivity contribution < 1.29 is 13.2 Å². The first-order valence-electron chi connectivity index (χ1n) is 9.37. The maximum absolute atomic E-state index is 14.5. The standard InChI is InChI=1S/C22H24F3Si/c1-14-2-9-18(12-19(14)23)22-20(24)10-17(11-21(22)25)8-5-15-3-6-16(13-26)7-4-15/h2,9-12,15-16H,3-8,13H2,1H3. The second-order valence-corrected chi connectivity index (χ2v) is 7.94. The zero-order chi connectivity index (χ0) is 18.7. The quantitative estimate of drug-likeness (QED) is 0.532. The first-order chi connectivity index (χ1) is 12.5. The summed E-state index contributed by atoms with van der Waals surface area (Å²) in [6, 6.07) is 8.16. The minimum absolute atomic E-state index is 0.148. The Labute approximate surface area is 157 Å². The fraction of sp³-hybridized carbons (Fsp3) is 0.455. The van der Waals surface area contributed by atoms with Gasteiger partial charge in [0.05, 0.1) is 5.56 Å². The van der Waals surface area contributed by atoms with Gasteiger partial charge in [-0.3, -0.25) is 0 Å². The van der Waals surface area contributed by atoms with E-state index in [0.29, 0.717) is 23.5 Å². The van der Waals surface area contributed by atoms with E-state index in [1.54, 1.807) is 19.1 Å². The van der Waals surface area contributed by atoms with E-state index in [1.165, 1.54) is 43.9 Å². The molecule has 4 heteroatoms. The molecule has 1 aliphatic carbocycles. The van der Waals surface area contributed by atoms with Gasteiger partial charge in [-0.1, -0.05) is 43.9 Å². The third-order valence-corrected chi connectivity index (χ3v) is 6.24. The molecule has 0 unspecified atom stereocenters. The lowest BCUT2D eigenvalue weighted by Gasteiger charge is -2.27. The smallest absolute Gasteiger partial charge is 0.134 e. The van der Waals surface area contributed by atoms with Gasteiger partial charge in [-0.2, -0.15) is 0 Å². The number of hydrogen-bond donors (Lipinski definition) is 0. The fourth-order valence-corrected chi connectivity index (χ4v) is 4.30. The minimum atomic E-state index is -0.619. The number of rotatable bonds is 5. The Balaban J connectivity index is 1.70. The van der Waals surface area contributed by atoms with Crippen LogP contribution >= 0.6 is 0 Å². The summed E-state index contributed by atoms with van der Waals surface area (Å²) >= 11 is 0. The highest BCUT2D eigenvalue weighted by molar-refractivity contribution is 6.08. The molecule has 0 aliphatic heterocycles. The van der Waals surface area contributed by atoms with Crippen molar-refractivity contribution in [3.63, 3.8) is 0 Å². The van der Waals surface area contributed by atoms with E-state index in [2.05, 4.69) is 10.2 Å². The summed E-state index contributed by atoms with van der Waals surface area (Å²) in [5.41, 5.74) is 1.23. The third kappa shape index (κ3) is 4.40. The van der Waals surface area contributed by atoms with E-state index in [4.69, 9.17) is 0 Å². The number of halogens is 3. The summed E-state index contributed by atoms with van der Waals surface area (Å²) in [5, 5.41) is 0. The van der Waals surface area contributed by atoms with Gasteiger partial charge < -0.3 is 0 Å². The van der Waals surface area contributed by atoms with Gasteiger partial charge >= 0.3 is 0 Å². The van der Waals surface area contributed by atoms with Gasteiger partial charge in [0.1, 0.15) is 17.5 Å². The van der Waals surface area contributed by atoms with E-state index < -0.39 is 17.5 Å². The molecule has 0 atom stereocenters. The van der Waals surface area contributed by atoms with Crippen LogP contribution in [0, 0.1) is 36.2 Å². The summed E-state index contributed by atoms with van der Waals surface area (Å²) < 4.78 is 42.8. The lowest BCUT2D eigenvalue weighted by Crippen LogP contribution is -2.14. The van der Waals surface area contributed by atoms with E-state index >= 15 is 0 Å². The zero-order valence-electron chi connectivity index (χ0n) is 15.1. The first kappa shape index (κ1) is 19.2. The molecule has 2 aromatic rings. The summed E-state index contributed by atoms with van der Waals surface area (Å²) in [7, 11) is 3.60. The average molecular weight is 374 g/mol. The third-order valence-electron chi connectivity index (χ3n) is 5.66. The van der Waals surface area contributed by atoms with Crippen LogP contribution in [0.2, 0.25) is 6.04 Å². The molecule has 0 amide bonds. The minimum Gasteiger partial charge on any atom is -0.207 e. The van der Waals surface area contributed by atoms with Gasteiger partial charge in [0.25, 0.3) is 0 Å². The lowest BCUT2D eigenvalue weighted by molar-refractivity contribution is 0.278. The Bertz CT molecular complexity index is 741. The number of aryl methyl sites for hydroxylation is 2. The summed E-state index contributed by atoms with van der Waals surface area (Å²) in [4.78, 5) is 0. The Kier molecular flexibility index (Phi) is 6.23. The largest absolute Gasteiger partial charge is 0.207 e. The van der Waals surface area contributed by atoms with Crippen LogP contribution in [0.15, 0.2) is 30.3 Å². The molecule has 3 rings (SSSR count). The highest BCUT2D eigenvalue weighted by Gasteiger charge is 2.20. The second kappa shape index (κ2) is 8.42. The Morgan fingerprint density at radius 1 is 0.885 bits per heavy atom. The number of benzene rings is 2. The van der Waals surface area contributed by atoms with Crippen molar-refractivity contribution >= 4 is 10.2 Å². The Morgan fingerprint density at radius 3 is 2.08 bits per heavy atom. The molecule has 0 aromatic heterocycles. The van der Waals surface area contributed by atoms with Gasteiger partial charge in [-0.25, -0.2) is 13.2 Å². The van der Waals surface area contributed by atoms with E-state index in [1.807, 2.05) is 0 Å². The average Bonchev–Trinajstić information content (AvgIpc) is 2.63. The van der Waals surface area contributed by atoms with Crippen LogP contribution in [-0.4, -0.2) is 10.2 Å². The molecule has 0 bridgehead atoms. The predicted molar refractivity (Wildman–Crippen MR) is 101 cm³/mol. The van der Waals surface area contributed by atoms with E-state index in [-0.39, 0.29) is 11.1 Å².